The molecule has 4 fully saturated rings. The fraction of sp³-hybridized carbons (Fsp3) is 0.541. The van der Waals surface area contributed by atoms with Crippen LogP contribution < -0.4 is 0 Å². The van der Waals surface area contributed by atoms with E-state index in [1.165, 1.54) is 142 Å². The summed E-state index contributed by atoms with van der Waals surface area (Å²) in [5.74, 6) is 2.66. The third-order valence-corrected chi connectivity index (χ3v) is 10.0. The Hall–Kier alpha value is -3.21. The Bertz CT molecular complexity index is 1270. The minimum atomic E-state index is 1.12. The van der Waals surface area contributed by atoms with Gasteiger partial charge >= 0.3 is 0 Å². The predicted octanol–water partition coefficient (Wildman–Crippen LogP) is 8.22. The Balaban J connectivity index is 1.37. The molecule has 5 nitrogen and oxygen atoms in total. The zero-order valence-electron chi connectivity index (χ0n) is 25.6. The van der Waals surface area contributed by atoms with Crippen LogP contribution in [0, 0.1) is 0 Å². The van der Waals surface area contributed by atoms with Gasteiger partial charge in [-0.1, -0.05) is 30.3 Å². The van der Waals surface area contributed by atoms with Gasteiger partial charge in [-0.25, -0.2) is 4.99 Å². The number of hydrogen-bond acceptors (Lipinski definition) is 3. The van der Waals surface area contributed by atoms with Crippen molar-refractivity contribution < 1.29 is 0 Å². The molecule has 0 spiro atoms. The molecular weight excluding hydrogens is 514 g/mol. The summed E-state index contributed by atoms with van der Waals surface area (Å²) < 4.78 is 0. The molecule has 0 saturated carbocycles. The number of aliphatic imine (C=N–C) groups is 1. The van der Waals surface area contributed by atoms with Crippen LogP contribution in [0.5, 0.6) is 0 Å². The molecule has 0 aliphatic carbocycles. The summed E-state index contributed by atoms with van der Waals surface area (Å²) in [5.41, 5.74) is 2.45. The topological polar surface area (TPSA) is 25.3 Å². The summed E-state index contributed by atoms with van der Waals surface area (Å²) in [6.45, 7) is 9.25. The minimum absolute atomic E-state index is 1.12. The van der Waals surface area contributed by atoms with Crippen molar-refractivity contribution in [1.82, 2.24) is 19.6 Å². The van der Waals surface area contributed by atoms with Gasteiger partial charge in [-0.15, -0.1) is 0 Å². The summed E-state index contributed by atoms with van der Waals surface area (Å²) in [4.78, 5) is 16.1. The first-order chi connectivity index (χ1) is 20.8. The number of piperidine rings is 4. The van der Waals surface area contributed by atoms with E-state index in [2.05, 4.69) is 74.2 Å². The first-order valence-electron chi connectivity index (χ1n) is 17.1. The molecule has 0 radical (unpaired) electrons. The van der Waals surface area contributed by atoms with Crippen molar-refractivity contribution in [3.63, 3.8) is 0 Å². The van der Waals surface area contributed by atoms with E-state index in [1.807, 2.05) is 0 Å². The maximum Gasteiger partial charge on any atom is 0.201 e. The molecule has 4 saturated heterocycles. The van der Waals surface area contributed by atoms with Gasteiger partial charge in [0.25, 0.3) is 0 Å². The normalized spacial score (nSPS) is 20.2. The fourth-order valence-corrected chi connectivity index (χ4v) is 7.67. The molecule has 0 atom stereocenters. The maximum atomic E-state index is 5.57. The highest BCUT2D eigenvalue weighted by atomic mass is 15.4. The Morgan fingerprint density at radius 3 is 1.45 bits per heavy atom. The minimum Gasteiger partial charge on any atom is -0.358 e. The number of likely N-dealkylation sites (tertiary alicyclic amines) is 4. The molecule has 0 aromatic heterocycles. The van der Waals surface area contributed by atoms with Crippen LogP contribution >= 0.6 is 0 Å². The van der Waals surface area contributed by atoms with Crippen LogP contribution in [0.25, 0.3) is 27.6 Å². The molecule has 42 heavy (non-hydrogen) atoms. The Morgan fingerprint density at radius 1 is 0.500 bits per heavy atom. The molecule has 0 N–H and O–H groups in total. The molecule has 0 amide bonds. The predicted molar refractivity (Wildman–Crippen MR) is 178 cm³/mol. The van der Waals surface area contributed by atoms with E-state index < -0.39 is 0 Å². The van der Waals surface area contributed by atoms with Crippen LogP contribution in [0.1, 0.15) is 82.6 Å². The van der Waals surface area contributed by atoms with E-state index in [9.17, 15) is 0 Å². The molecule has 4 heterocycles. The van der Waals surface area contributed by atoms with Crippen LogP contribution in [0.4, 0.5) is 5.69 Å². The maximum absolute atomic E-state index is 5.57. The zero-order chi connectivity index (χ0) is 28.1. The Kier molecular flexibility index (Phi) is 8.53. The number of hydrogen-bond donors (Lipinski definition) is 0. The molecular formula is C37H49N5. The fourth-order valence-electron chi connectivity index (χ4n) is 7.67. The highest BCUT2D eigenvalue weighted by Gasteiger charge is 2.24. The number of guanidine groups is 1. The van der Waals surface area contributed by atoms with Gasteiger partial charge in [0.1, 0.15) is 5.82 Å². The Labute approximate surface area is 252 Å². The van der Waals surface area contributed by atoms with Crippen molar-refractivity contribution in [2.45, 2.75) is 77.0 Å². The van der Waals surface area contributed by atoms with E-state index in [0.29, 0.717) is 0 Å². The number of fused-ring (bicyclic) bond motifs is 2. The second-order valence-corrected chi connectivity index (χ2v) is 13.0. The Morgan fingerprint density at radius 2 is 0.952 bits per heavy atom. The molecule has 4 aliphatic rings. The molecule has 0 unspecified atom stereocenters. The average molecular weight is 564 g/mol. The summed E-state index contributed by atoms with van der Waals surface area (Å²) in [6.07, 6.45) is 18.3. The first kappa shape index (κ1) is 27.6. The largest absolute Gasteiger partial charge is 0.358 e. The number of nitrogens with zero attached hydrogens (tertiary/aromatic N) is 5. The monoisotopic (exact) mass is 563 g/mol. The zero-order valence-corrected chi connectivity index (χ0v) is 25.6. The SMILES string of the molecule is C(=C(N1CCCCC1)N1CCCCC1)c1ccc(N=C(N2CCCCC2)N2CCCCC2)c2cc3ccccc3cc12. The third-order valence-electron chi connectivity index (χ3n) is 10.0. The van der Waals surface area contributed by atoms with Crippen LogP contribution in [-0.2, 0) is 0 Å². The first-order valence-corrected chi connectivity index (χ1v) is 17.1. The molecule has 3 aromatic rings. The lowest BCUT2D eigenvalue weighted by Gasteiger charge is -2.40. The van der Waals surface area contributed by atoms with Gasteiger partial charge in [-0.3, -0.25) is 0 Å². The van der Waals surface area contributed by atoms with E-state index in [1.54, 1.807) is 0 Å². The summed E-state index contributed by atoms with van der Waals surface area (Å²) >= 11 is 0. The van der Waals surface area contributed by atoms with E-state index in [4.69, 9.17) is 4.99 Å². The number of benzene rings is 3. The lowest BCUT2D eigenvalue weighted by Crippen LogP contribution is -2.48. The lowest BCUT2D eigenvalue weighted by atomic mass is 9.97. The van der Waals surface area contributed by atoms with E-state index in [0.717, 1.165) is 31.9 Å². The highest BCUT2D eigenvalue weighted by Crippen LogP contribution is 2.36. The molecule has 4 aliphatic heterocycles. The van der Waals surface area contributed by atoms with Gasteiger partial charge in [0.05, 0.1) is 5.69 Å². The molecule has 5 heteroatoms. The second kappa shape index (κ2) is 13.0. The summed E-state index contributed by atoms with van der Waals surface area (Å²) in [5, 5.41) is 5.22. The van der Waals surface area contributed by atoms with Crippen molar-refractivity contribution in [2.75, 3.05) is 52.4 Å². The summed E-state index contributed by atoms with van der Waals surface area (Å²) in [7, 11) is 0. The van der Waals surface area contributed by atoms with Crippen molar-refractivity contribution in [3.05, 3.63) is 59.9 Å². The standard InChI is InChI=1S/C37H49N5/c1-7-19-39(20-8-1)36(40-21-9-2-10-22-40)29-32-17-18-35(34-28-31-16-6-5-15-30(31)27-33(32)34)38-37(41-23-11-3-12-24-41)42-25-13-4-14-26-42/h5-6,15-18,27-29H,1-4,7-14,19-26H2. The van der Waals surface area contributed by atoms with Crippen molar-refractivity contribution in [2.24, 2.45) is 4.99 Å². The van der Waals surface area contributed by atoms with Gasteiger partial charge < -0.3 is 19.6 Å². The third kappa shape index (κ3) is 5.98. The highest BCUT2D eigenvalue weighted by molar-refractivity contribution is 6.07. The van der Waals surface area contributed by atoms with Gasteiger partial charge in [0, 0.05) is 57.7 Å². The molecule has 0 bridgehead atoms. The quantitative estimate of drug-likeness (QED) is 0.181. The van der Waals surface area contributed by atoms with E-state index in [-0.39, 0.29) is 0 Å². The molecule has 222 valence electrons. The average Bonchev–Trinajstić information content (AvgIpc) is 3.07. The number of rotatable bonds is 4. The van der Waals surface area contributed by atoms with Crippen molar-refractivity contribution in [1.29, 1.82) is 0 Å². The van der Waals surface area contributed by atoms with Crippen molar-refractivity contribution >= 4 is 39.3 Å². The molecule has 7 rings (SSSR count). The van der Waals surface area contributed by atoms with Gasteiger partial charge in [0.2, 0.25) is 5.96 Å². The van der Waals surface area contributed by atoms with Gasteiger partial charge in [0.15, 0.2) is 0 Å². The van der Waals surface area contributed by atoms with Crippen molar-refractivity contribution in [3.8, 4) is 0 Å². The molecule has 3 aromatic carbocycles. The van der Waals surface area contributed by atoms with Crippen LogP contribution in [0.3, 0.4) is 0 Å². The summed E-state index contributed by atoms with van der Waals surface area (Å²) in [6, 6.07) is 18.4. The van der Waals surface area contributed by atoms with E-state index >= 15 is 0 Å². The van der Waals surface area contributed by atoms with Gasteiger partial charge in [-0.2, -0.15) is 0 Å². The second-order valence-electron chi connectivity index (χ2n) is 13.0. The van der Waals surface area contributed by atoms with Crippen LogP contribution in [0.2, 0.25) is 0 Å². The van der Waals surface area contributed by atoms with Gasteiger partial charge in [-0.05, 0) is 123 Å². The van der Waals surface area contributed by atoms with Crippen LogP contribution in [-0.4, -0.2) is 77.9 Å². The lowest BCUT2D eigenvalue weighted by molar-refractivity contribution is 0.170. The van der Waals surface area contributed by atoms with Crippen LogP contribution in [0.15, 0.2) is 59.3 Å². The smallest absolute Gasteiger partial charge is 0.201 e.